The summed E-state index contributed by atoms with van der Waals surface area (Å²) >= 11 is 0. The van der Waals surface area contributed by atoms with E-state index in [2.05, 4.69) is 34.6 Å². The van der Waals surface area contributed by atoms with Crippen molar-refractivity contribution in [3.8, 4) is 0 Å². The molecule has 0 bridgehead atoms. The van der Waals surface area contributed by atoms with Crippen molar-refractivity contribution < 1.29 is 80.2 Å². The van der Waals surface area contributed by atoms with Gasteiger partial charge in [0.1, 0.15) is 19.3 Å². The van der Waals surface area contributed by atoms with Gasteiger partial charge in [-0.2, -0.15) is 0 Å². The molecule has 19 heteroatoms. The smallest absolute Gasteiger partial charge is 0.462 e. The first-order chi connectivity index (χ1) is 51.0. The van der Waals surface area contributed by atoms with Gasteiger partial charge >= 0.3 is 39.5 Å². The van der Waals surface area contributed by atoms with Crippen molar-refractivity contribution in [3.63, 3.8) is 0 Å². The third-order valence-electron chi connectivity index (χ3n) is 20.3. The summed E-state index contributed by atoms with van der Waals surface area (Å²) in [5.41, 5.74) is 0. The van der Waals surface area contributed by atoms with Crippen LogP contribution < -0.4 is 0 Å². The Hall–Kier alpha value is -1.94. The van der Waals surface area contributed by atoms with Crippen molar-refractivity contribution >= 4 is 39.5 Å². The summed E-state index contributed by atoms with van der Waals surface area (Å²) in [6.07, 6.45) is 72.3. The van der Waals surface area contributed by atoms with Crippen LogP contribution in [-0.2, 0) is 65.4 Å². The van der Waals surface area contributed by atoms with E-state index in [0.717, 1.165) is 95.8 Å². The largest absolute Gasteiger partial charge is 0.472 e. The van der Waals surface area contributed by atoms with E-state index in [1.165, 1.54) is 289 Å². The molecule has 0 fully saturated rings. The van der Waals surface area contributed by atoms with Gasteiger partial charge in [0.15, 0.2) is 12.2 Å². The van der Waals surface area contributed by atoms with Crippen LogP contribution in [0.5, 0.6) is 0 Å². The Kier molecular flexibility index (Phi) is 77.3. The fourth-order valence-corrected chi connectivity index (χ4v) is 15.1. The van der Waals surface area contributed by atoms with Gasteiger partial charge in [-0.3, -0.25) is 37.3 Å². The molecule has 0 aliphatic rings. The molecule has 0 rings (SSSR count). The van der Waals surface area contributed by atoms with Crippen LogP contribution in [0.25, 0.3) is 0 Å². The number of phosphoric ester groups is 2. The molecule has 2 unspecified atom stereocenters. The van der Waals surface area contributed by atoms with Gasteiger partial charge < -0.3 is 33.8 Å². The van der Waals surface area contributed by atoms with Gasteiger partial charge in [0, 0.05) is 25.7 Å². The zero-order valence-electron chi connectivity index (χ0n) is 68.9. The number of carbonyl (C=O) groups excluding carboxylic acids is 4. The van der Waals surface area contributed by atoms with Gasteiger partial charge in [-0.25, -0.2) is 9.13 Å². The number of carbonyl (C=O) groups is 4. The summed E-state index contributed by atoms with van der Waals surface area (Å²) < 4.78 is 68.9. The molecule has 624 valence electrons. The van der Waals surface area contributed by atoms with Crippen molar-refractivity contribution in [2.75, 3.05) is 39.6 Å². The minimum absolute atomic E-state index is 0.108. The molecule has 105 heavy (non-hydrogen) atoms. The molecule has 0 aliphatic heterocycles. The third kappa shape index (κ3) is 79.9. The lowest BCUT2D eigenvalue weighted by Gasteiger charge is -2.21. The van der Waals surface area contributed by atoms with Gasteiger partial charge in [-0.1, -0.05) is 413 Å². The van der Waals surface area contributed by atoms with Crippen molar-refractivity contribution in [1.29, 1.82) is 0 Å². The lowest BCUT2D eigenvalue weighted by molar-refractivity contribution is -0.161. The van der Waals surface area contributed by atoms with Crippen LogP contribution in [0.15, 0.2) is 0 Å². The van der Waals surface area contributed by atoms with Gasteiger partial charge in [-0.05, 0) is 31.6 Å². The van der Waals surface area contributed by atoms with E-state index in [1.807, 2.05) is 0 Å². The summed E-state index contributed by atoms with van der Waals surface area (Å²) in [6.45, 7) is 7.33. The summed E-state index contributed by atoms with van der Waals surface area (Å²) in [4.78, 5) is 73.2. The fraction of sp³-hybridized carbons (Fsp3) is 0.953. The second-order valence-corrected chi connectivity index (χ2v) is 34.3. The Balaban J connectivity index is 5.22. The second-order valence-electron chi connectivity index (χ2n) is 31.4. The minimum Gasteiger partial charge on any atom is -0.462 e. The summed E-state index contributed by atoms with van der Waals surface area (Å²) in [5.74, 6) is -1.37. The first kappa shape index (κ1) is 103. The van der Waals surface area contributed by atoms with Crippen LogP contribution in [0, 0.1) is 5.92 Å². The zero-order chi connectivity index (χ0) is 76.9. The van der Waals surface area contributed by atoms with Crippen LogP contribution in [-0.4, -0.2) is 96.7 Å². The van der Waals surface area contributed by atoms with Crippen LogP contribution in [0.3, 0.4) is 0 Å². The average molecular weight is 1540 g/mol. The maximum Gasteiger partial charge on any atom is 0.472 e. The highest BCUT2D eigenvalue weighted by Crippen LogP contribution is 2.45. The number of hydrogen-bond acceptors (Lipinski definition) is 15. The van der Waals surface area contributed by atoms with E-state index in [0.29, 0.717) is 25.7 Å². The topological polar surface area (TPSA) is 237 Å². The maximum atomic E-state index is 13.1. The molecule has 0 saturated carbocycles. The Morgan fingerprint density at radius 3 is 0.648 bits per heavy atom. The zero-order valence-corrected chi connectivity index (χ0v) is 70.7. The number of ether oxygens (including phenoxy) is 4. The van der Waals surface area contributed by atoms with Crippen LogP contribution in [0.1, 0.15) is 465 Å². The molecule has 0 radical (unpaired) electrons. The van der Waals surface area contributed by atoms with Crippen molar-refractivity contribution in [3.05, 3.63) is 0 Å². The SMILES string of the molecule is CCCCCCCCCCCCCCCCCCCCCCCCC(=O)O[C@H](COC(=O)CCCCCCCCCCCCCCCCCCC)COP(=O)(O)OC[C@@H](O)COP(=O)(O)OC[C@@H](COC(=O)CCCCCCCCCCC(C)C)OC(=O)CCCCCCCCCCCCCCCCC. The quantitative estimate of drug-likeness (QED) is 0.0222. The highest BCUT2D eigenvalue weighted by Gasteiger charge is 2.30. The molecule has 17 nitrogen and oxygen atoms in total. The Labute approximate surface area is 645 Å². The summed E-state index contributed by atoms with van der Waals surface area (Å²) in [7, 11) is -9.93. The Bertz CT molecular complexity index is 2000. The first-order valence-corrected chi connectivity index (χ1v) is 47.6. The predicted octanol–water partition coefficient (Wildman–Crippen LogP) is 26.4. The molecular formula is C86H168O17P2. The van der Waals surface area contributed by atoms with E-state index < -0.39 is 97.5 Å². The lowest BCUT2D eigenvalue weighted by Crippen LogP contribution is -2.30. The molecule has 0 aromatic carbocycles. The molecular weight excluding hydrogens is 1370 g/mol. The van der Waals surface area contributed by atoms with E-state index in [-0.39, 0.29) is 25.7 Å². The molecule has 0 aliphatic carbocycles. The van der Waals surface area contributed by atoms with Gasteiger partial charge in [-0.15, -0.1) is 0 Å². The van der Waals surface area contributed by atoms with Crippen LogP contribution >= 0.6 is 15.6 Å². The van der Waals surface area contributed by atoms with Gasteiger partial charge in [0.05, 0.1) is 26.4 Å². The average Bonchev–Trinajstić information content (AvgIpc) is 0.973. The predicted molar refractivity (Wildman–Crippen MR) is 432 cm³/mol. The van der Waals surface area contributed by atoms with Crippen molar-refractivity contribution in [1.82, 2.24) is 0 Å². The lowest BCUT2D eigenvalue weighted by atomic mass is 10.0. The maximum absolute atomic E-state index is 13.1. The molecule has 0 amide bonds. The molecule has 0 saturated heterocycles. The second kappa shape index (κ2) is 78.7. The summed E-state index contributed by atoms with van der Waals surface area (Å²) in [6, 6.07) is 0. The number of rotatable bonds is 86. The summed E-state index contributed by atoms with van der Waals surface area (Å²) in [5, 5.41) is 10.7. The van der Waals surface area contributed by atoms with Crippen molar-refractivity contribution in [2.24, 2.45) is 5.92 Å². The molecule has 0 aromatic rings. The molecule has 0 aromatic heterocycles. The minimum atomic E-state index is -4.97. The molecule has 3 N–H and O–H groups in total. The van der Waals surface area contributed by atoms with E-state index in [4.69, 9.17) is 37.0 Å². The standard InChI is InChI=1S/C86H168O17P2/c1-6-9-12-15-18-21-24-27-30-32-33-34-35-36-38-41-44-47-50-57-62-67-72-85(90)102-81(75-96-83(88)69-64-59-54-48-45-42-40-37-31-28-25-22-19-16-13-10-7-2)77-100-104(92,93)98-73-80(87)74-99-105(94,95)101-78-82(76-97-84(89)70-65-60-55-52-51-53-58-63-68-79(4)5)103-86(91)71-66-61-56-49-46-43-39-29-26-23-20-17-14-11-8-3/h79-82,87H,6-78H2,1-5H3,(H,92,93)(H,94,95)/t80-,81-,82-/m1/s1. The fourth-order valence-electron chi connectivity index (χ4n) is 13.5. The van der Waals surface area contributed by atoms with E-state index >= 15 is 0 Å². The van der Waals surface area contributed by atoms with E-state index in [9.17, 15) is 43.2 Å². The number of hydrogen-bond donors (Lipinski definition) is 3. The normalized spacial score (nSPS) is 13.8. The highest BCUT2D eigenvalue weighted by molar-refractivity contribution is 7.47. The number of esters is 4. The van der Waals surface area contributed by atoms with Gasteiger partial charge in [0.25, 0.3) is 0 Å². The Morgan fingerprint density at radius 1 is 0.257 bits per heavy atom. The number of aliphatic hydroxyl groups excluding tert-OH is 1. The van der Waals surface area contributed by atoms with Crippen LogP contribution in [0.2, 0.25) is 0 Å². The molecule has 0 heterocycles. The number of aliphatic hydroxyl groups is 1. The van der Waals surface area contributed by atoms with Gasteiger partial charge in [0.2, 0.25) is 0 Å². The third-order valence-corrected chi connectivity index (χ3v) is 22.2. The highest BCUT2D eigenvalue weighted by atomic mass is 31.2. The Morgan fingerprint density at radius 2 is 0.438 bits per heavy atom. The van der Waals surface area contributed by atoms with Crippen LogP contribution in [0.4, 0.5) is 0 Å². The monoisotopic (exact) mass is 1540 g/mol. The number of unbranched alkanes of at least 4 members (excludes halogenated alkanes) is 58. The number of phosphoric acid groups is 2. The van der Waals surface area contributed by atoms with Crippen molar-refractivity contribution in [2.45, 2.75) is 483 Å². The molecule has 5 atom stereocenters. The first-order valence-electron chi connectivity index (χ1n) is 44.6. The molecule has 0 spiro atoms. The van der Waals surface area contributed by atoms with E-state index in [1.54, 1.807) is 0 Å².